The average molecular weight is 597 g/mol. The number of carbonyl (C=O) groups excluding carboxylic acids is 1. The maximum atomic E-state index is 14.4. The second-order valence-electron chi connectivity index (χ2n) is 15.2. The Morgan fingerprint density at radius 3 is 2.32 bits per heavy atom. The number of carbonyl (C=O) groups is 1. The van der Waals surface area contributed by atoms with Gasteiger partial charge in [-0.05, 0) is 85.0 Å². The lowest BCUT2D eigenvalue weighted by Gasteiger charge is -2.69. The Bertz CT molecular complexity index is 1360. The molecule has 0 aromatic carbocycles. The van der Waals surface area contributed by atoms with Crippen LogP contribution in [0.4, 0.5) is 13.2 Å². The van der Waals surface area contributed by atoms with Crippen molar-refractivity contribution in [2.45, 2.75) is 104 Å². The van der Waals surface area contributed by atoms with Gasteiger partial charge < -0.3 is 5.11 Å². The lowest BCUT2D eigenvalue weighted by molar-refractivity contribution is -0.158. The number of nitrogens with zero attached hydrogens (tertiary/aromatic N) is 1. The Labute approximate surface area is 241 Å². The first-order valence-electron chi connectivity index (χ1n) is 14.8. The van der Waals surface area contributed by atoms with E-state index in [1.54, 1.807) is 6.08 Å². The van der Waals surface area contributed by atoms with Crippen molar-refractivity contribution in [2.24, 2.45) is 45.3 Å². The highest BCUT2D eigenvalue weighted by molar-refractivity contribution is 7.89. The van der Waals surface area contributed by atoms with E-state index in [1.165, 1.54) is 0 Å². The zero-order valence-electron chi connectivity index (χ0n) is 24.9. The highest BCUT2D eigenvalue weighted by Gasteiger charge is 2.69. The minimum atomic E-state index is -4.87. The van der Waals surface area contributed by atoms with Gasteiger partial charge in [0.2, 0.25) is 10.0 Å². The third-order valence-electron chi connectivity index (χ3n) is 12.4. The van der Waals surface area contributed by atoms with Gasteiger partial charge >= 0.3 is 6.18 Å². The number of ketones is 1. The molecule has 0 bridgehead atoms. The molecule has 0 radical (unpaired) electrons. The number of nitrogens with one attached hydrogen (secondary N) is 1. The molecule has 5 aliphatic carbocycles. The van der Waals surface area contributed by atoms with Crippen molar-refractivity contribution in [2.75, 3.05) is 5.75 Å². The smallest absolute Gasteiger partial charge is 0.387 e. The van der Waals surface area contributed by atoms with Crippen molar-refractivity contribution in [3.05, 3.63) is 23.3 Å². The molecular formula is C31H43F3N2O4S. The Morgan fingerprint density at radius 1 is 1.07 bits per heavy atom. The summed E-state index contributed by atoms with van der Waals surface area (Å²) in [6.45, 7) is 12.5. The van der Waals surface area contributed by atoms with E-state index in [2.05, 4.69) is 45.4 Å². The third-order valence-corrected chi connectivity index (χ3v) is 13.8. The first-order valence-corrected chi connectivity index (χ1v) is 16.4. The summed E-state index contributed by atoms with van der Waals surface area (Å²) in [6, 6.07) is 2.17. The van der Waals surface area contributed by atoms with Crippen LogP contribution in [0.3, 0.4) is 0 Å². The van der Waals surface area contributed by atoms with Crippen LogP contribution in [0.1, 0.15) is 86.5 Å². The van der Waals surface area contributed by atoms with Crippen LogP contribution in [0.2, 0.25) is 0 Å². The van der Waals surface area contributed by atoms with Crippen molar-refractivity contribution < 1.29 is 31.5 Å². The summed E-state index contributed by atoms with van der Waals surface area (Å²) in [5, 5.41) is 20.6. The molecule has 0 aromatic rings. The molecule has 5 rings (SSSR count). The second kappa shape index (κ2) is 9.15. The van der Waals surface area contributed by atoms with Gasteiger partial charge in [0.1, 0.15) is 0 Å². The molecule has 10 heteroatoms. The molecule has 3 unspecified atom stereocenters. The van der Waals surface area contributed by atoms with Gasteiger partial charge in [0, 0.05) is 16.9 Å². The van der Waals surface area contributed by atoms with Gasteiger partial charge in [-0.2, -0.15) is 18.4 Å². The van der Waals surface area contributed by atoms with E-state index in [-0.39, 0.29) is 23.0 Å². The minimum absolute atomic E-state index is 0.0485. The molecule has 0 saturated heterocycles. The van der Waals surface area contributed by atoms with E-state index in [4.69, 9.17) is 0 Å². The second-order valence-corrected chi connectivity index (χ2v) is 17.0. The number of aliphatic hydroxyl groups excluding tert-OH is 1. The highest BCUT2D eigenvalue weighted by Crippen LogP contribution is 2.72. The van der Waals surface area contributed by atoms with Crippen LogP contribution in [-0.2, 0) is 14.8 Å². The van der Waals surface area contributed by atoms with Crippen LogP contribution < -0.4 is 4.72 Å². The zero-order valence-corrected chi connectivity index (χ0v) is 25.7. The number of aliphatic hydroxyl groups is 1. The monoisotopic (exact) mass is 596 g/mol. The molecule has 0 aliphatic heterocycles. The largest absolute Gasteiger partial charge is 0.404 e. The van der Waals surface area contributed by atoms with E-state index in [9.17, 15) is 36.8 Å². The van der Waals surface area contributed by atoms with Gasteiger partial charge in [-0.3, -0.25) is 4.79 Å². The molecule has 0 heterocycles. The Balaban J connectivity index is 1.64. The van der Waals surface area contributed by atoms with Gasteiger partial charge in [-0.25, -0.2) is 13.1 Å². The fourth-order valence-electron chi connectivity index (χ4n) is 10.2. The Kier molecular flexibility index (Phi) is 6.86. The summed E-state index contributed by atoms with van der Waals surface area (Å²) >= 11 is 0. The molecular weight excluding hydrogens is 553 g/mol. The number of sulfonamides is 1. The van der Waals surface area contributed by atoms with Gasteiger partial charge in [-0.1, -0.05) is 53.2 Å². The van der Waals surface area contributed by atoms with E-state index in [1.807, 2.05) is 13.0 Å². The predicted octanol–water partition coefficient (Wildman–Crippen LogP) is 5.84. The van der Waals surface area contributed by atoms with Crippen LogP contribution >= 0.6 is 0 Å². The topological polar surface area (TPSA) is 107 Å². The molecule has 3 fully saturated rings. The first kappa shape index (κ1) is 30.7. The average Bonchev–Trinajstić information content (AvgIpc) is 2.82. The Morgan fingerprint density at radius 2 is 1.71 bits per heavy atom. The predicted molar refractivity (Wildman–Crippen MR) is 149 cm³/mol. The van der Waals surface area contributed by atoms with E-state index in [0.29, 0.717) is 37.7 Å². The normalized spacial score (nSPS) is 45.7. The van der Waals surface area contributed by atoms with Crippen LogP contribution in [0.25, 0.3) is 0 Å². The lowest BCUT2D eigenvalue weighted by atomic mass is 9.36. The fraction of sp³-hybridized carbons (Fsp3) is 0.806. The number of hydrogen-bond acceptors (Lipinski definition) is 5. The summed E-state index contributed by atoms with van der Waals surface area (Å²) < 4.78 is 68.0. The van der Waals surface area contributed by atoms with Gasteiger partial charge in [0.05, 0.1) is 17.7 Å². The third kappa shape index (κ3) is 4.55. The standard InChI is InChI=1S/C31H43F3N2O4S/c1-18-20-7-8-28(5)23(27(20,4)14-19(16-35)25(18)38)13-22(37)24-21-15-26(2,3)9-11-30(21,12-10-29(24,28)6)36-41(39,40)17-31(32,33)34/h13-14,18,20-21,24-25,36,38H,7-12,15,17H2,1-6H3/t18-,20-,21?,24?,25?,27-,28+,29+,30-/m0/s1. The Hall–Kier alpha value is -1.70. The van der Waals surface area contributed by atoms with Crippen LogP contribution in [-0.4, -0.2) is 42.9 Å². The van der Waals surface area contributed by atoms with Crippen LogP contribution in [0.15, 0.2) is 23.3 Å². The molecule has 5 aliphatic rings. The number of halogens is 3. The first-order chi connectivity index (χ1) is 18.6. The summed E-state index contributed by atoms with van der Waals surface area (Å²) in [5.74, 6) is -3.15. The number of allylic oxidation sites excluding steroid dienone is 3. The fourth-order valence-corrected chi connectivity index (χ4v) is 11.6. The molecule has 0 spiro atoms. The van der Waals surface area contributed by atoms with Crippen molar-refractivity contribution in [3.63, 3.8) is 0 Å². The summed E-state index contributed by atoms with van der Waals surface area (Å²) in [5.41, 5.74) is -1.63. The van der Waals surface area contributed by atoms with E-state index >= 15 is 0 Å². The van der Waals surface area contributed by atoms with Crippen molar-refractivity contribution >= 4 is 15.8 Å². The van der Waals surface area contributed by atoms with Crippen molar-refractivity contribution in [1.29, 1.82) is 5.26 Å². The van der Waals surface area contributed by atoms with Gasteiger partial charge in [-0.15, -0.1) is 0 Å². The molecule has 9 atom stereocenters. The molecule has 6 nitrogen and oxygen atoms in total. The molecule has 0 amide bonds. The highest BCUT2D eigenvalue weighted by atomic mass is 32.2. The van der Waals surface area contributed by atoms with Crippen molar-refractivity contribution in [3.8, 4) is 6.07 Å². The quantitative estimate of drug-likeness (QED) is 0.426. The van der Waals surface area contributed by atoms with Crippen LogP contribution in [0, 0.1) is 56.7 Å². The van der Waals surface area contributed by atoms with Crippen molar-refractivity contribution in [1.82, 2.24) is 4.72 Å². The lowest BCUT2D eigenvalue weighted by Crippen LogP contribution is -2.69. The summed E-state index contributed by atoms with van der Waals surface area (Å²) in [6.07, 6.45) is 1.89. The SMILES string of the molecule is C[C@@H]1C(O)C(C#N)=C[C@]2(C)C3=CC(=O)C4C5CC(C)(C)CC[C@]5(NS(=O)(=O)CC(F)(F)F)CC[C@@]4(C)[C@]3(C)CC[C@@H]12. The van der Waals surface area contributed by atoms with Gasteiger partial charge in [0.25, 0.3) is 0 Å². The number of alkyl halides is 3. The number of fused-ring (bicyclic) bond motifs is 7. The number of hydrogen-bond donors (Lipinski definition) is 2. The molecule has 2 N–H and O–H groups in total. The molecule has 0 aromatic heterocycles. The number of nitriles is 1. The summed E-state index contributed by atoms with van der Waals surface area (Å²) in [4.78, 5) is 14.4. The molecule has 228 valence electrons. The minimum Gasteiger partial charge on any atom is -0.387 e. The van der Waals surface area contributed by atoms with E-state index in [0.717, 1.165) is 18.4 Å². The maximum Gasteiger partial charge on any atom is 0.404 e. The van der Waals surface area contributed by atoms with Crippen LogP contribution in [0.5, 0.6) is 0 Å². The van der Waals surface area contributed by atoms with E-state index < -0.39 is 61.7 Å². The molecule has 3 saturated carbocycles. The molecule has 41 heavy (non-hydrogen) atoms. The zero-order chi connectivity index (χ0) is 30.6. The number of rotatable bonds is 3. The van der Waals surface area contributed by atoms with Gasteiger partial charge in [0.15, 0.2) is 11.5 Å². The summed E-state index contributed by atoms with van der Waals surface area (Å²) in [7, 11) is -4.68. The maximum absolute atomic E-state index is 14.4.